The Hall–Kier alpha value is -3.30. The second-order valence-corrected chi connectivity index (χ2v) is 7.84. The van der Waals surface area contributed by atoms with E-state index in [1.165, 1.54) is 22.9 Å². The molecule has 2 aromatic heterocycles. The topological polar surface area (TPSA) is 85.9 Å². The molecule has 152 valence electrons. The van der Waals surface area contributed by atoms with Gasteiger partial charge in [0, 0.05) is 12.3 Å². The van der Waals surface area contributed by atoms with Crippen molar-refractivity contribution in [2.24, 2.45) is 0 Å². The fourth-order valence-corrected chi connectivity index (χ4v) is 4.06. The van der Waals surface area contributed by atoms with E-state index in [0.717, 1.165) is 15.9 Å². The molecule has 4 rings (SSSR count). The van der Waals surface area contributed by atoms with Gasteiger partial charge in [-0.25, -0.2) is 9.78 Å². The second kappa shape index (κ2) is 8.21. The van der Waals surface area contributed by atoms with Crippen LogP contribution in [-0.4, -0.2) is 30.7 Å². The van der Waals surface area contributed by atoms with Crippen LogP contribution in [0.15, 0.2) is 58.7 Å². The maximum atomic E-state index is 12.7. The predicted octanol–water partition coefficient (Wildman–Crippen LogP) is 3.58. The van der Waals surface area contributed by atoms with Crippen LogP contribution in [0.2, 0.25) is 5.02 Å². The minimum atomic E-state index is -0.431. The number of halogens is 1. The molecule has 0 bridgehead atoms. The highest BCUT2D eigenvalue weighted by Crippen LogP contribution is 2.29. The number of rotatable bonds is 5. The van der Waals surface area contributed by atoms with Crippen molar-refractivity contribution in [3.63, 3.8) is 0 Å². The summed E-state index contributed by atoms with van der Waals surface area (Å²) in [6, 6.07) is 14.5. The molecule has 0 atom stereocenters. The average Bonchev–Trinajstić information content (AvgIpc) is 3.30. The van der Waals surface area contributed by atoms with E-state index in [9.17, 15) is 9.59 Å². The standard InChI is InChI=1S/C20H17ClN6O2S/c1-13-6-5-7-16(10-13)26(14(2)28)19-22-15(12-30-19)11-25-20(29)27(24-23-25)18-9-4-3-8-17(18)21/h3-10,12H,11H2,1-2H3. The Morgan fingerprint density at radius 3 is 2.70 bits per heavy atom. The van der Waals surface area contributed by atoms with Crippen molar-refractivity contribution < 1.29 is 4.79 Å². The van der Waals surface area contributed by atoms with Gasteiger partial charge in [-0.05, 0) is 47.2 Å². The molecule has 30 heavy (non-hydrogen) atoms. The first-order chi connectivity index (χ1) is 14.4. The van der Waals surface area contributed by atoms with Crippen LogP contribution in [0.4, 0.5) is 10.8 Å². The van der Waals surface area contributed by atoms with Gasteiger partial charge in [-0.3, -0.25) is 9.69 Å². The van der Waals surface area contributed by atoms with E-state index in [0.29, 0.717) is 21.5 Å². The lowest BCUT2D eigenvalue weighted by Crippen LogP contribution is -2.25. The highest BCUT2D eigenvalue weighted by atomic mass is 35.5. The molecule has 0 saturated heterocycles. The van der Waals surface area contributed by atoms with E-state index in [1.807, 2.05) is 31.2 Å². The number of amides is 1. The number of nitrogens with zero attached hydrogens (tertiary/aromatic N) is 6. The summed E-state index contributed by atoms with van der Waals surface area (Å²) in [4.78, 5) is 31.0. The monoisotopic (exact) mass is 440 g/mol. The van der Waals surface area contributed by atoms with Gasteiger partial charge in [0.15, 0.2) is 5.13 Å². The molecule has 0 aliphatic carbocycles. The van der Waals surface area contributed by atoms with Gasteiger partial charge in [0.25, 0.3) is 0 Å². The zero-order chi connectivity index (χ0) is 21.3. The molecule has 0 saturated carbocycles. The normalized spacial score (nSPS) is 10.9. The van der Waals surface area contributed by atoms with Crippen LogP contribution < -0.4 is 10.6 Å². The number of carbonyl (C=O) groups excluding carboxylic acids is 1. The van der Waals surface area contributed by atoms with Crippen molar-refractivity contribution >= 4 is 39.7 Å². The van der Waals surface area contributed by atoms with Crippen molar-refractivity contribution in [1.82, 2.24) is 24.8 Å². The third-order valence-corrected chi connectivity index (χ3v) is 5.53. The highest BCUT2D eigenvalue weighted by molar-refractivity contribution is 7.14. The molecule has 0 spiro atoms. The Morgan fingerprint density at radius 2 is 1.97 bits per heavy atom. The first-order valence-electron chi connectivity index (χ1n) is 9.03. The Labute approximate surface area is 181 Å². The van der Waals surface area contributed by atoms with E-state index in [-0.39, 0.29) is 12.5 Å². The summed E-state index contributed by atoms with van der Waals surface area (Å²) >= 11 is 7.47. The van der Waals surface area contributed by atoms with Crippen LogP contribution in [-0.2, 0) is 11.3 Å². The number of hydrogen-bond donors (Lipinski definition) is 0. The first kappa shape index (κ1) is 20.0. The summed E-state index contributed by atoms with van der Waals surface area (Å²) in [6.07, 6.45) is 0. The van der Waals surface area contributed by atoms with Gasteiger partial charge in [0.1, 0.15) is 0 Å². The van der Waals surface area contributed by atoms with Crippen LogP contribution in [0.1, 0.15) is 18.2 Å². The molecular formula is C20H17ClN6O2S. The molecule has 0 aliphatic heterocycles. The molecule has 0 N–H and O–H groups in total. The number of para-hydroxylation sites is 1. The molecule has 0 aliphatic rings. The summed E-state index contributed by atoms with van der Waals surface area (Å²) in [5.41, 5.74) is 2.40. The number of thiazole rings is 1. The molecule has 0 unspecified atom stereocenters. The maximum absolute atomic E-state index is 12.7. The molecule has 0 fully saturated rings. The summed E-state index contributed by atoms with van der Waals surface area (Å²) in [5.74, 6) is -0.150. The lowest BCUT2D eigenvalue weighted by atomic mass is 10.2. The Bertz CT molecular complexity index is 1280. The molecule has 2 aromatic carbocycles. The average molecular weight is 441 g/mol. The number of hydrogen-bond acceptors (Lipinski definition) is 6. The number of anilines is 2. The van der Waals surface area contributed by atoms with Crippen molar-refractivity contribution in [2.75, 3.05) is 4.90 Å². The number of aromatic nitrogens is 5. The zero-order valence-electron chi connectivity index (χ0n) is 16.2. The summed E-state index contributed by atoms with van der Waals surface area (Å²) in [5, 5.41) is 10.6. The summed E-state index contributed by atoms with van der Waals surface area (Å²) in [6.45, 7) is 3.58. The number of tetrazole rings is 1. The van der Waals surface area contributed by atoms with Crippen LogP contribution in [0, 0.1) is 6.92 Å². The van der Waals surface area contributed by atoms with Crippen LogP contribution >= 0.6 is 22.9 Å². The lowest BCUT2D eigenvalue weighted by molar-refractivity contribution is -0.115. The van der Waals surface area contributed by atoms with E-state index >= 15 is 0 Å². The number of benzene rings is 2. The van der Waals surface area contributed by atoms with E-state index in [2.05, 4.69) is 15.4 Å². The quantitative estimate of drug-likeness (QED) is 0.473. The predicted molar refractivity (Wildman–Crippen MR) is 116 cm³/mol. The van der Waals surface area contributed by atoms with Gasteiger partial charge in [-0.1, -0.05) is 35.9 Å². The molecule has 2 heterocycles. The highest BCUT2D eigenvalue weighted by Gasteiger charge is 2.19. The second-order valence-electron chi connectivity index (χ2n) is 6.60. The van der Waals surface area contributed by atoms with E-state index < -0.39 is 5.69 Å². The van der Waals surface area contributed by atoms with Crippen molar-refractivity contribution in [1.29, 1.82) is 0 Å². The minimum absolute atomic E-state index is 0.124. The third kappa shape index (κ3) is 3.89. The minimum Gasteiger partial charge on any atom is -0.274 e. The molecule has 0 radical (unpaired) electrons. The number of carbonyl (C=O) groups is 1. The fourth-order valence-electron chi connectivity index (χ4n) is 2.97. The lowest BCUT2D eigenvalue weighted by Gasteiger charge is -2.18. The number of aryl methyl sites for hydroxylation is 1. The molecule has 8 nitrogen and oxygen atoms in total. The van der Waals surface area contributed by atoms with Crippen LogP contribution in [0.5, 0.6) is 0 Å². The largest absolute Gasteiger partial charge is 0.368 e. The molecular weight excluding hydrogens is 424 g/mol. The zero-order valence-corrected chi connectivity index (χ0v) is 17.8. The molecule has 1 amide bonds. The SMILES string of the molecule is CC(=O)N(c1cccc(C)c1)c1nc(Cn2nnn(-c3ccccc3Cl)c2=O)cs1. The van der Waals surface area contributed by atoms with Gasteiger partial charge in [-0.15, -0.1) is 11.3 Å². The first-order valence-corrected chi connectivity index (χ1v) is 10.3. The van der Waals surface area contributed by atoms with Gasteiger partial charge in [0.2, 0.25) is 5.91 Å². The third-order valence-electron chi connectivity index (χ3n) is 4.34. The maximum Gasteiger partial charge on any atom is 0.368 e. The van der Waals surface area contributed by atoms with E-state index in [1.54, 1.807) is 34.5 Å². The molecule has 4 aromatic rings. The van der Waals surface area contributed by atoms with Crippen molar-refractivity contribution in [3.8, 4) is 5.69 Å². The van der Waals surface area contributed by atoms with Gasteiger partial charge >= 0.3 is 5.69 Å². The summed E-state index contributed by atoms with van der Waals surface area (Å²) < 4.78 is 2.34. The Morgan fingerprint density at radius 1 is 1.17 bits per heavy atom. The van der Waals surface area contributed by atoms with Crippen LogP contribution in [0.25, 0.3) is 5.69 Å². The smallest absolute Gasteiger partial charge is 0.274 e. The molecule has 10 heteroatoms. The van der Waals surface area contributed by atoms with Gasteiger partial charge in [0.05, 0.1) is 28.6 Å². The van der Waals surface area contributed by atoms with E-state index in [4.69, 9.17) is 11.6 Å². The van der Waals surface area contributed by atoms with Crippen molar-refractivity contribution in [2.45, 2.75) is 20.4 Å². The van der Waals surface area contributed by atoms with Crippen LogP contribution in [0.3, 0.4) is 0 Å². The summed E-state index contributed by atoms with van der Waals surface area (Å²) in [7, 11) is 0. The van der Waals surface area contributed by atoms with Gasteiger partial charge in [-0.2, -0.15) is 9.36 Å². The van der Waals surface area contributed by atoms with Crippen molar-refractivity contribution in [3.05, 3.63) is 80.7 Å². The van der Waals surface area contributed by atoms with Gasteiger partial charge < -0.3 is 0 Å². The Kier molecular flexibility index (Phi) is 5.47. The fraction of sp³-hybridized carbons (Fsp3) is 0.150. The Balaban J connectivity index is 1.62.